The van der Waals surface area contributed by atoms with Crippen LogP contribution >= 0.6 is 0 Å². The summed E-state index contributed by atoms with van der Waals surface area (Å²) in [6.07, 6.45) is 5.84. The number of amides is 1. The number of hydrogen-bond acceptors (Lipinski definition) is 6. The van der Waals surface area contributed by atoms with Crippen molar-refractivity contribution in [1.29, 1.82) is 0 Å². The average Bonchev–Trinajstić information content (AvgIpc) is 2.40. The number of aromatic nitrogens is 4. The summed E-state index contributed by atoms with van der Waals surface area (Å²) in [4.78, 5) is 27.5. The molecule has 1 amide bonds. The number of methoxy groups -OCH3 is 1. The Kier molecular flexibility index (Phi) is 3.42. The molecule has 2 aromatic heterocycles. The Balaban J connectivity index is 2.08. The fourth-order valence-electron chi connectivity index (χ4n) is 1.19. The van der Waals surface area contributed by atoms with Crippen molar-refractivity contribution < 1.29 is 9.53 Å². The van der Waals surface area contributed by atoms with E-state index >= 15 is 0 Å². The quantitative estimate of drug-likeness (QED) is 0.861. The summed E-state index contributed by atoms with van der Waals surface area (Å²) in [7, 11) is 1.47. The molecule has 18 heavy (non-hydrogen) atoms. The van der Waals surface area contributed by atoms with Crippen molar-refractivity contribution in [3.05, 3.63) is 36.2 Å². The van der Waals surface area contributed by atoms with Gasteiger partial charge in [-0.2, -0.15) is 0 Å². The van der Waals surface area contributed by atoms with Gasteiger partial charge in [0.2, 0.25) is 0 Å². The van der Waals surface area contributed by atoms with Crippen LogP contribution in [0.5, 0.6) is 6.01 Å². The summed E-state index contributed by atoms with van der Waals surface area (Å²) in [5.74, 6) is -0.365. The molecule has 92 valence electrons. The minimum absolute atomic E-state index is 0.233. The van der Waals surface area contributed by atoms with E-state index in [0.29, 0.717) is 5.69 Å². The van der Waals surface area contributed by atoms with E-state index in [2.05, 4.69) is 25.3 Å². The van der Waals surface area contributed by atoms with Crippen LogP contribution in [-0.4, -0.2) is 33.0 Å². The third-order valence-electron chi connectivity index (χ3n) is 2.08. The number of hydrogen-bond donors (Lipinski definition) is 1. The standard InChI is InChI=1S/C11H11N5O2/c1-7-3-13-9(6-12-7)10(17)16-8-4-14-11(18-2)15-5-8/h3-6H,1-2H3,(H,16,17). The third kappa shape index (κ3) is 2.76. The van der Waals surface area contributed by atoms with E-state index in [1.165, 1.54) is 31.9 Å². The number of carbonyl (C=O) groups excluding carboxylic acids is 1. The van der Waals surface area contributed by atoms with Crippen molar-refractivity contribution in [3.63, 3.8) is 0 Å². The molecule has 2 rings (SSSR count). The first-order valence-electron chi connectivity index (χ1n) is 5.15. The summed E-state index contributed by atoms with van der Waals surface area (Å²) in [5.41, 5.74) is 1.44. The maximum absolute atomic E-state index is 11.8. The maximum Gasteiger partial charge on any atom is 0.316 e. The molecule has 0 saturated heterocycles. The first-order chi connectivity index (χ1) is 8.69. The molecule has 0 aliphatic heterocycles. The molecule has 0 aliphatic carbocycles. The van der Waals surface area contributed by atoms with E-state index in [0.717, 1.165) is 5.69 Å². The summed E-state index contributed by atoms with van der Waals surface area (Å²) in [6.45, 7) is 1.80. The Bertz CT molecular complexity index is 538. The highest BCUT2D eigenvalue weighted by molar-refractivity contribution is 6.02. The van der Waals surface area contributed by atoms with E-state index in [-0.39, 0.29) is 17.6 Å². The van der Waals surface area contributed by atoms with Crippen molar-refractivity contribution in [3.8, 4) is 6.01 Å². The van der Waals surface area contributed by atoms with Crippen molar-refractivity contribution in [2.24, 2.45) is 0 Å². The molecule has 7 nitrogen and oxygen atoms in total. The zero-order chi connectivity index (χ0) is 13.0. The van der Waals surface area contributed by atoms with Crippen LogP contribution in [-0.2, 0) is 0 Å². The normalized spacial score (nSPS) is 9.89. The van der Waals surface area contributed by atoms with E-state index in [1.807, 2.05) is 0 Å². The van der Waals surface area contributed by atoms with Gasteiger partial charge in [0, 0.05) is 6.20 Å². The molecule has 0 aromatic carbocycles. The molecular formula is C11H11N5O2. The minimum atomic E-state index is -0.365. The largest absolute Gasteiger partial charge is 0.467 e. The van der Waals surface area contributed by atoms with E-state index < -0.39 is 0 Å². The monoisotopic (exact) mass is 245 g/mol. The van der Waals surface area contributed by atoms with Gasteiger partial charge in [-0.15, -0.1) is 0 Å². The summed E-state index contributed by atoms with van der Waals surface area (Å²) in [5, 5.41) is 2.61. The topological polar surface area (TPSA) is 89.9 Å². The molecule has 0 radical (unpaired) electrons. The lowest BCUT2D eigenvalue weighted by atomic mass is 10.4. The van der Waals surface area contributed by atoms with Crippen LogP contribution in [0.4, 0.5) is 5.69 Å². The van der Waals surface area contributed by atoms with Gasteiger partial charge in [0.05, 0.1) is 37.1 Å². The second kappa shape index (κ2) is 5.17. The van der Waals surface area contributed by atoms with Crippen molar-refractivity contribution in [1.82, 2.24) is 19.9 Å². The van der Waals surface area contributed by atoms with Crippen LogP contribution in [0.1, 0.15) is 16.2 Å². The number of rotatable bonds is 3. The zero-order valence-electron chi connectivity index (χ0n) is 9.91. The second-order valence-corrected chi connectivity index (χ2v) is 3.46. The van der Waals surface area contributed by atoms with Gasteiger partial charge in [-0.25, -0.2) is 15.0 Å². The van der Waals surface area contributed by atoms with Crippen molar-refractivity contribution >= 4 is 11.6 Å². The van der Waals surface area contributed by atoms with Gasteiger partial charge >= 0.3 is 6.01 Å². The predicted octanol–water partition coefficient (Wildman–Crippen LogP) is 0.836. The molecule has 2 aromatic rings. The maximum atomic E-state index is 11.8. The summed E-state index contributed by atoms with van der Waals surface area (Å²) >= 11 is 0. The summed E-state index contributed by atoms with van der Waals surface area (Å²) < 4.78 is 4.81. The van der Waals surface area contributed by atoms with Crippen molar-refractivity contribution in [2.45, 2.75) is 6.92 Å². The van der Waals surface area contributed by atoms with Gasteiger partial charge in [-0.3, -0.25) is 9.78 Å². The van der Waals surface area contributed by atoms with E-state index in [1.54, 1.807) is 6.92 Å². The van der Waals surface area contributed by atoms with Crippen LogP contribution in [0, 0.1) is 6.92 Å². The number of aryl methyl sites for hydroxylation is 1. The van der Waals surface area contributed by atoms with Crippen LogP contribution in [0.15, 0.2) is 24.8 Å². The number of ether oxygens (including phenoxy) is 1. The van der Waals surface area contributed by atoms with Gasteiger partial charge in [0.1, 0.15) is 5.69 Å². The third-order valence-corrected chi connectivity index (χ3v) is 2.08. The molecule has 7 heteroatoms. The molecule has 1 N–H and O–H groups in total. The Morgan fingerprint density at radius 1 is 1.11 bits per heavy atom. The van der Waals surface area contributed by atoms with Crippen LogP contribution < -0.4 is 10.1 Å². The van der Waals surface area contributed by atoms with Crippen LogP contribution in [0.25, 0.3) is 0 Å². The molecule has 0 bridgehead atoms. The van der Waals surface area contributed by atoms with Gasteiger partial charge < -0.3 is 10.1 Å². The molecular weight excluding hydrogens is 234 g/mol. The Labute approximate surface area is 103 Å². The van der Waals surface area contributed by atoms with Gasteiger partial charge in [-0.1, -0.05) is 0 Å². The van der Waals surface area contributed by atoms with E-state index in [9.17, 15) is 4.79 Å². The van der Waals surface area contributed by atoms with Crippen molar-refractivity contribution in [2.75, 3.05) is 12.4 Å². The first-order valence-corrected chi connectivity index (χ1v) is 5.15. The Morgan fingerprint density at radius 3 is 2.39 bits per heavy atom. The lowest BCUT2D eigenvalue weighted by Crippen LogP contribution is -2.14. The molecule has 0 atom stereocenters. The van der Waals surface area contributed by atoms with Crippen LogP contribution in [0.3, 0.4) is 0 Å². The fraction of sp³-hybridized carbons (Fsp3) is 0.182. The van der Waals surface area contributed by atoms with Gasteiger partial charge in [0.25, 0.3) is 5.91 Å². The number of anilines is 1. The fourth-order valence-corrected chi connectivity index (χ4v) is 1.19. The Morgan fingerprint density at radius 2 is 1.83 bits per heavy atom. The SMILES string of the molecule is COc1ncc(NC(=O)c2cnc(C)cn2)cn1. The molecule has 0 saturated carbocycles. The highest BCUT2D eigenvalue weighted by atomic mass is 16.5. The minimum Gasteiger partial charge on any atom is -0.467 e. The Hall–Kier alpha value is -2.57. The molecule has 0 spiro atoms. The molecule has 2 heterocycles. The van der Waals surface area contributed by atoms with Crippen LogP contribution in [0.2, 0.25) is 0 Å². The number of carbonyl (C=O) groups is 1. The lowest BCUT2D eigenvalue weighted by Gasteiger charge is -2.04. The lowest BCUT2D eigenvalue weighted by molar-refractivity contribution is 0.102. The molecule has 0 aliphatic rings. The zero-order valence-corrected chi connectivity index (χ0v) is 9.91. The molecule has 0 unspecified atom stereocenters. The highest BCUT2D eigenvalue weighted by Crippen LogP contribution is 2.08. The van der Waals surface area contributed by atoms with Gasteiger partial charge in [0.15, 0.2) is 0 Å². The highest BCUT2D eigenvalue weighted by Gasteiger charge is 2.08. The first kappa shape index (κ1) is 11.9. The smallest absolute Gasteiger partial charge is 0.316 e. The van der Waals surface area contributed by atoms with Gasteiger partial charge in [-0.05, 0) is 6.92 Å². The molecule has 0 fully saturated rings. The average molecular weight is 245 g/mol. The summed E-state index contributed by atoms with van der Waals surface area (Å²) in [6, 6.07) is 0.239. The number of nitrogens with zero attached hydrogens (tertiary/aromatic N) is 4. The number of nitrogens with one attached hydrogen (secondary N) is 1. The predicted molar refractivity (Wildman–Crippen MR) is 63.3 cm³/mol. The van der Waals surface area contributed by atoms with E-state index in [4.69, 9.17) is 4.74 Å². The second-order valence-electron chi connectivity index (χ2n) is 3.46.